The summed E-state index contributed by atoms with van der Waals surface area (Å²) in [5.74, 6) is 0.907. The molecule has 1 fully saturated rings. The maximum atomic E-state index is 5.06. The van der Waals surface area contributed by atoms with Gasteiger partial charge in [0, 0.05) is 42.2 Å². The monoisotopic (exact) mass is 416 g/mol. The number of hydrogen-bond acceptors (Lipinski definition) is 4. The number of nitrogens with zero attached hydrogens (tertiary/aromatic N) is 4. The van der Waals surface area contributed by atoms with E-state index in [-0.39, 0.29) is 11.5 Å². The van der Waals surface area contributed by atoms with Crippen molar-refractivity contribution in [2.45, 2.75) is 50.5 Å². The summed E-state index contributed by atoms with van der Waals surface area (Å²) in [6.45, 7) is 4.62. The zero-order valence-electron chi connectivity index (χ0n) is 18.3. The highest BCUT2D eigenvalue weighted by Crippen LogP contribution is 2.41. The molecule has 7 heteroatoms. The largest absolute Gasteiger partial charge is 0.357 e. The van der Waals surface area contributed by atoms with Crippen LogP contribution in [-0.4, -0.2) is 54.4 Å². The van der Waals surface area contributed by atoms with Crippen molar-refractivity contribution in [1.82, 2.24) is 25.3 Å². The molecule has 1 aliphatic rings. The Hall–Kier alpha value is -1.86. The van der Waals surface area contributed by atoms with E-state index < -0.39 is 0 Å². The average Bonchev–Trinajstić information content (AvgIpc) is 3.39. The van der Waals surface area contributed by atoms with Gasteiger partial charge < -0.3 is 15.5 Å². The molecule has 1 unspecified atom stereocenters. The number of nitrogens with one attached hydrogen (secondary N) is 2. The number of aliphatic imine (C=N–C) groups is 1. The highest BCUT2D eigenvalue weighted by molar-refractivity contribution is 7.10. The first-order valence-corrected chi connectivity index (χ1v) is 11.6. The van der Waals surface area contributed by atoms with Gasteiger partial charge in [-0.25, -0.2) is 0 Å². The topological polar surface area (TPSA) is 57.5 Å². The quantitative estimate of drug-likeness (QED) is 0.510. The van der Waals surface area contributed by atoms with Gasteiger partial charge in [0.25, 0.3) is 0 Å². The van der Waals surface area contributed by atoms with Crippen molar-refractivity contribution in [3.63, 3.8) is 0 Å². The normalized spacial score (nSPS) is 18.0. The Bertz CT molecular complexity index is 758. The Morgan fingerprint density at radius 3 is 2.69 bits per heavy atom. The van der Waals surface area contributed by atoms with E-state index in [4.69, 9.17) is 4.99 Å². The van der Waals surface area contributed by atoms with Crippen molar-refractivity contribution in [2.24, 2.45) is 12.0 Å². The third-order valence-corrected chi connectivity index (χ3v) is 7.05. The number of thiophene rings is 1. The molecule has 0 radical (unpaired) electrons. The van der Waals surface area contributed by atoms with Crippen LogP contribution in [0.2, 0.25) is 0 Å². The second-order valence-corrected chi connectivity index (χ2v) is 9.27. The standard InChI is InChI=1S/C22H36N6S/c1-5-23-21(24-15-19(27(2)3)18-14-26-28(4)16-18)25-17-22(11-7-6-8-12-22)20-10-9-13-29-20/h9-10,13-14,16,19H,5-8,11-12,15,17H2,1-4H3,(H2,23,24,25). The van der Waals surface area contributed by atoms with Crippen LogP contribution in [0.5, 0.6) is 0 Å². The molecule has 29 heavy (non-hydrogen) atoms. The number of guanidine groups is 1. The fourth-order valence-corrected chi connectivity index (χ4v) is 5.25. The van der Waals surface area contributed by atoms with E-state index in [9.17, 15) is 0 Å². The third kappa shape index (κ3) is 5.60. The number of hydrogen-bond donors (Lipinski definition) is 2. The number of rotatable bonds is 8. The Balaban J connectivity index is 1.71. The Morgan fingerprint density at radius 2 is 2.10 bits per heavy atom. The number of aromatic nitrogens is 2. The summed E-state index contributed by atoms with van der Waals surface area (Å²) in [7, 11) is 6.18. The molecule has 0 bridgehead atoms. The van der Waals surface area contributed by atoms with E-state index in [0.29, 0.717) is 0 Å². The van der Waals surface area contributed by atoms with E-state index in [1.165, 1.54) is 42.5 Å². The minimum atomic E-state index is 0.207. The zero-order chi connectivity index (χ0) is 20.7. The highest BCUT2D eigenvalue weighted by Gasteiger charge is 2.34. The number of likely N-dealkylation sites (N-methyl/N-ethyl adjacent to an activating group) is 1. The molecular formula is C22H36N6S. The Kier molecular flexibility index (Phi) is 7.72. The van der Waals surface area contributed by atoms with Crippen molar-refractivity contribution < 1.29 is 0 Å². The average molecular weight is 417 g/mol. The summed E-state index contributed by atoms with van der Waals surface area (Å²) in [5, 5.41) is 13.6. The van der Waals surface area contributed by atoms with Crippen molar-refractivity contribution >= 4 is 17.3 Å². The van der Waals surface area contributed by atoms with Crippen molar-refractivity contribution in [1.29, 1.82) is 0 Å². The second-order valence-electron chi connectivity index (χ2n) is 8.32. The predicted octanol–water partition coefficient (Wildman–Crippen LogP) is 3.54. The first kappa shape index (κ1) is 21.8. The molecule has 2 heterocycles. The molecule has 1 saturated carbocycles. The number of aryl methyl sites for hydroxylation is 1. The lowest BCUT2D eigenvalue weighted by molar-refractivity contribution is 0.296. The highest BCUT2D eigenvalue weighted by atomic mass is 32.1. The van der Waals surface area contributed by atoms with E-state index >= 15 is 0 Å². The molecule has 3 rings (SSSR count). The van der Waals surface area contributed by atoms with E-state index in [2.05, 4.69) is 65.4 Å². The fourth-order valence-electron chi connectivity index (χ4n) is 4.27. The molecule has 2 aromatic heterocycles. The fraction of sp³-hybridized carbons (Fsp3) is 0.636. The van der Waals surface area contributed by atoms with Gasteiger partial charge in [0.2, 0.25) is 0 Å². The molecule has 6 nitrogen and oxygen atoms in total. The molecular weight excluding hydrogens is 380 g/mol. The lowest BCUT2D eigenvalue weighted by Gasteiger charge is -2.35. The third-order valence-electron chi connectivity index (χ3n) is 5.93. The van der Waals surface area contributed by atoms with Gasteiger partial charge in [0.05, 0.1) is 18.8 Å². The van der Waals surface area contributed by atoms with Crippen LogP contribution in [0.4, 0.5) is 0 Å². The van der Waals surface area contributed by atoms with Crippen molar-refractivity contribution in [3.8, 4) is 0 Å². The smallest absolute Gasteiger partial charge is 0.191 e. The summed E-state index contributed by atoms with van der Waals surface area (Å²) in [5.41, 5.74) is 1.42. The SMILES string of the molecule is CCNC(=NCC1(c2cccs2)CCCCC1)NCC(c1cnn(C)c1)N(C)C. The molecule has 0 amide bonds. The van der Waals surface area contributed by atoms with Crippen LogP contribution in [0.15, 0.2) is 34.9 Å². The van der Waals surface area contributed by atoms with Gasteiger partial charge in [-0.3, -0.25) is 9.67 Å². The molecule has 2 aromatic rings. The maximum absolute atomic E-state index is 5.06. The molecule has 0 saturated heterocycles. The van der Waals surface area contributed by atoms with E-state index in [0.717, 1.165) is 25.6 Å². The van der Waals surface area contributed by atoms with Crippen LogP contribution in [0.1, 0.15) is 55.5 Å². The second kappa shape index (κ2) is 10.3. The molecule has 0 aromatic carbocycles. The summed E-state index contributed by atoms with van der Waals surface area (Å²) in [6, 6.07) is 4.73. The summed E-state index contributed by atoms with van der Waals surface area (Å²) in [4.78, 5) is 8.78. The molecule has 2 N–H and O–H groups in total. The van der Waals surface area contributed by atoms with Crippen LogP contribution >= 0.6 is 11.3 Å². The van der Waals surface area contributed by atoms with Gasteiger partial charge >= 0.3 is 0 Å². The van der Waals surface area contributed by atoms with Gasteiger partial charge in [-0.05, 0) is 45.3 Å². The summed E-state index contributed by atoms with van der Waals surface area (Å²) >= 11 is 1.89. The van der Waals surface area contributed by atoms with Gasteiger partial charge in [-0.2, -0.15) is 5.10 Å². The van der Waals surface area contributed by atoms with Gasteiger partial charge in [-0.1, -0.05) is 25.3 Å². The van der Waals surface area contributed by atoms with Crippen LogP contribution in [0.3, 0.4) is 0 Å². The zero-order valence-corrected chi connectivity index (χ0v) is 19.1. The molecule has 0 spiro atoms. The maximum Gasteiger partial charge on any atom is 0.191 e. The lowest BCUT2D eigenvalue weighted by Crippen LogP contribution is -2.43. The molecule has 160 valence electrons. The van der Waals surface area contributed by atoms with E-state index in [1.807, 2.05) is 29.3 Å². The van der Waals surface area contributed by atoms with Crippen LogP contribution < -0.4 is 10.6 Å². The Morgan fingerprint density at radius 1 is 1.31 bits per heavy atom. The molecule has 1 aliphatic carbocycles. The van der Waals surface area contributed by atoms with Crippen LogP contribution in [0, 0.1) is 0 Å². The molecule has 1 atom stereocenters. The van der Waals surface area contributed by atoms with Crippen LogP contribution in [0.25, 0.3) is 0 Å². The predicted molar refractivity (Wildman–Crippen MR) is 123 cm³/mol. The van der Waals surface area contributed by atoms with E-state index in [1.54, 1.807) is 0 Å². The Labute approximate surface area is 179 Å². The summed E-state index contributed by atoms with van der Waals surface area (Å²) < 4.78 is 1.86. The van der Waals surface area contributed by atoms with Crippen molar-refractivity contribution in [2.75, 3.05) is 33.7 Å². The molecule has 0 aliphatic heterocycles. The van der Waals surface area contributed by atoms with Gasteiger partial charge in [-0.15, -0.1) is 11.3 Å². The summed E-state index contributed by atoms with van der Waals surface area (Å²) in [6.07, 6.45) is 10.5. The van der Waals surface area contributed by atoms with Crippen LogP contribution in [-0.2, 0) is 12.5 Å². The minimum Gasteiger partial charge on any atom is -0.357 e. The first-order chi connectivity index (χ1) is 14.0. The van der Waals surface area contributed by atoms with Gasteiger partial charge in [0.15, 0.2) is 5.96 Å². The van der Waals surface area contributed by atoms with Gasteiger partial charge in [0.1, 0.15) is 0 Å². The van der Waals surface area contributed by atoms with Crippen molar-refractivity contribution in [3.05, 3.63) is 40.3 Å². The first-order valence-electron chi connectivity index (χ1n) is 10.8. The lowest BCUT2D eigenvalue weighted by atomic mass is 9.73. The minimum absolute atomic E-state index is 0.207.